The number of para-hydroxylation sites is 1. The van der Waals surface area contributed by atoms with Crippen LogP contribution in [0.1, 0.15) is 58.7 Å². The molecule has 0 radical (unpaired) electrons. The summed E-state index contributed by atoms with van der Waals surface area (Å²) in [5, 5.41) is 15.7. The number of rotatable bonds is 3. The topological polar surface area (TPSA) is 88.5 Å². The fraction of sp³-hybridized carbons (Fsp3) is 0.414. The summed E-state index contributed by atoms with van der Waals surface area (Å²) in [4.78, 5) is 29.1. The van der Waals surface area contributed by atoms with Crippen molar-refractivity contribution in [3.05, 3.63) is 65.7 Å². The van der Waals surface area contributed by atoms with Gasteiger partial charge in [-0.05, 0) is 36.8 Å². The van der Waals surface area contributed by atoms with E-state index in [1.54, 1.807) is 12.1 Å². The van der Waals surface area contributed by atoms with Crippen LogP contribution in [0, 0.1) is 16.7 Å². The van der Waals surface area contributed by atoms with Gasteiger partial charge in [-0.15, -0.1) is 0 Å². The van der Waals surface area contributed by atoms with Crippen molar-refractivity contribution in [3.63, 3.8) is 0 Å². The van der Waals surface area contributed by atoms with Gasteiger partial charge in [-0.25, -0.2) is 0 Å². The van der Waals surface area contributed by atoms with Crippen LogP contribution in [-0.4, -0.2) is 42.4 Å². The molecule has 4 rings (SSSR count). The molecule has 1 unspecified atom stereocenters. The summed E-state index contributed by atoms with van der Waals surface area (Å²) in [6.07, 6.45) is 3.58. The van der Waals surface area contributed by atoms with Crippen LogP contribution in [0.2, 0.25) is 0 Å². The van der Waals surface area contributed by atoms with Crippen molar-refractivity contribution in [2.75, 3.05) is 35.2 Å². The largest absolute Gasteiger partial charge is 0.365 e. The minimum atomic E-state index is -0.512. The smallest absolute Gasteiger partial charge is 0.248 e. The molecule has 2 N–H and O–H groups in total. The van der Waals surface area contributed by atoms with Crippen LogP contribution in [0.5, 0.6) is 0 Å². The average molecular weight is 488 g/mol. The van der Waals surface area contributed by atoms with E-state index in [0.717, 1.165) is 36.6 Å². The molecule has 2 heterocycles. The molecule has 2 aliphatic rings. The Morgan fingerprint density at radius 3 is 2.53 bits per heavy atom. The van der Waals surface area contributed by atoms with Gasteiger partial charge in [-0.2, -0.15) is 5.26 Å². The van der Waals surface area contributed by atoms with E-state index in [1.807, 2.05) is 71.0 Å². The van der Waals surface area contributed by atoms with Crippen molar-refractivity contribution in [1.82, 2.24) is 4.90 Å². The van der Waals surface area contributed by atoms with E-state index in [9.17, 15) is 14.9 Å². The first kappa shape index (κ1) is 27.0. The summed E-state index contributed by atoms with van der Waals surface area (Å²) >= 11 is 0. The molecule has 7 heteroatoms. The van der Waals surface area contributed by atoms with Crippen LogP contribution < -0.4 is 15.5 Å². The molecule has 2 aliphatic heterocycles. The van der Waals surface area contributed by atoms with Crippen molar-refractivity contribution in [2.24, 2.45) is 5.41 Å². The highest BCUT2D eigenvalue weighted by atomic mass is 16.2. The zero-order valence-electron chi connectivity index (χ0n) is 22.1. The summed E-state index contributed by atoms with van der Waals surface area (Å²) < 4.78 is 0. The third-order valence-corrected chi connectivity index (χ3v) is 6.38. The molecular formula is C29H37N5O2. The van der Waals surface area contributed by atoms with Crippen molar-refractivity contribution in [1.29, 1.82) is 5.26 Å². The maximum Gasteiger partial charge on any atom is 0.248 e. The first-order valence-corrected chi connectivity index (χ1v) is 12.6. The van der Waals surface area contributed by atoms with Gasteiger partial charge in [-0.3, -0.25) is 14.5 Å². The fourth-order valence-corrected chi connectivity index (χ4v) is 4.51. The van der Waals surface area contributed by atoms with Crippen molar-refractivity contribution < 1.29 is 9.59 Å². The monoisotopic (exact) mass is 487 g/mol. The number of nitrogens with one attached hydrogen (secondary N) is 2. The second kappa shape index (κ2) is 11.4. The molecule has 0 saturated carbocycles. The number of carbonyl (C=O) groups is 2. The molecule has 0 aromatic heterocycles. The van der Waals surface area contributed by atoms with Gasteiger partial charge in [0.15, 0.2) is 0 Å². The first-order valence-electron chi connectivity index (χ1n) is 12.6. The van der Waals surface area contributed by atoms with E-state index in [-0.39, 0.29) is 23.9 Å². The summed E-state index contributed by atoms with van der Waals surface area (Å²) in [6.45, 7) is 14.0. The van der Waals surface area contributed by atoms with Gasteiger partial charge in [0, 0.05) is 48.5 Å². The van der Waals surface area contributed by atoms with Gasteiger partial charge in [0.25, 0.3) is 0 Å². The van der Waals surface area contributed by atoms with Crippen LogP contribution in [0.25, 0.3) is 0 Å². The quantitative estimate of drug-likeness (QED) is 0.611. The summed E-state index contributed by atoms with van der Waals surface area (Å²) in [6, 6.07) is 15.9. The summed E-state index contributed by atoms with van der Waals surface area (Å²) in [5.74, 6) is -0.199. The van der Waals surface area contributed by atoms with Crippen molar-refractivity contribution in [3.8, 4) is 6.07 Å². The van der Waals surface area contributed by atoms with Crippen LogP contribution in [0.15, 0.2) is 54.6 Å². The minimum absolute atomic E-state index is 0.00479. The van der Waals surface area contributed by atoms with Crippen LogP contribution in [0.4, 0.5) is 17.1 Å². The number of piperazine rings is 1. The normalized spacial score (nSPS) is 19.7. The Labute approximate surface area is 214 Å². The number of hydrogen-bond donors (Lipinski definition) is 2. The highest BCUT2D eigenvalue weighted by Gasteiger charge is 2.31. The Balaban J connectivity index is 0.00000176. The Morgan fingerprint density at radius 1 is 1.14 bits per heavy atom. The molecule has 1 fully saturated rings. The maximum absolute atomic E-state index is 12.4. The molecule has 190 valence electrons. The molecule has 36 heavy (non-hydrogen) atoms. The number of hydrogen-bond acceptors (Lipinski definition) is 5. The molecule has 2 aromatic rings. The second-order valence-electron chi connectivity index (χ2n) is 9.97. The minimum Gasteiger partial charge on any atom is -0.365 e. The molecule has 1 saturated heterocycles. The standard InChI is InChI=1S/C27H31N5O2.C2H6/c1-18-17-31(24-11-12-25(33)30-22-8-6-5-7-21(22)24)13-14-32(18)23-10-9-20(15-19(23)16-28)29-26(34)27(2,3)4;1-2/h5-12,15,18,24H,13-14,17H2,1-4H3,(H,29,34)(H,30,33);1-2H3/t18-,24?;/m1./s1. The summed E-state index contributed by atoms with van der Waals surface area (Å²) in [7, 11) is 0. The first-order chi connectivity index (χ1) is 17.2. The van der Waals surface area contributed by atoms with Gasteiger partial charge in [0.2, 0.25) is 11.8 Å². The van der Waals surface area contributed by atoms with E-state index in [1.165, 1.54) is 0 Å². The Hall–Kier alpha value is -3.63. The van der Waals surface area contributed by atoms with Gasteiger partial charge < -0.3 is 15.5 Å². The fourth-order valence-electron chi connectivity index (χ4n) is 4.51. The number of benzene rings is 2. The number of anilines is 3. The zero-order chi connectivity index (χ0) is 26.5. The van der Waals surface area contributed by atoms with Gasteiger partial charge in [0.1, 0.15) is 6.07 Å². The van der Waals surface area contributed by atoms with Gasteiger partial charge in [0.05, 0.1) is 17.3 Å². The highest BCUT2D eigenvalue weighted by Crippen LogP contribution is 2.34. The third kappa shape index (κ3) is 5.95. The number of fused-ring (bicyclic) bond motifs is 1. The Bertz CT molecular complexity index is 1170. The predicted molar refractivity (Wildman–Crippen MR) is 146 cm³/mol. The SMILES string of the molecule is CC.C[C@@H]1CN(C2C=CC(=O)Nc3ccccc32)CCN1c1ccc(NC(=O)C(C)(C)C)cc1C#N. The lowest BCUT2D eigenvalue weighted by atomic mass is 9.95. The third-order valence-electron chi connectivity index (χ3n) is 6.38. The Morgan fingerprint density at radius 2 is 1.86 bits per heavy atom. The lowest BCUT2D eigenvalue weighted by Gasteiger charge is -2.44. The molecule has 0 spiro atoms. The van der Waals surface area contributed by atoms with Crippen molar-refractivity contribution in [2.45, 2.75) is 53.6 Å². The van der Waals surface area contributed by atoms with Crippen molar-refractivity contribution >= 4 is 28.9 Å². The zero-order valence-corrected chi connectivity index (χ0v) is 22.1. The van der Waals surface area contributed by atoms with Gasteiger partial charge >= 0.3 is 0 Å². The van der Waals surface area contributed by atoms with E-state index >= 15 is 0 Å². The number of carbonyl (C=O) groups excluding carboxylic acids is 2. The maximum atomic E-state index is 12.4. The molecular weight excluding hydrogens is 450 g/mol. The number of amides is 2. The molecule has 2 atom stereocenters. The Kier molecular flexibility index (Phi) is 8.54. The van der Waals surface area contributed by atoms with Crippen LogP contribution in [0.3, 0.4) is 0 Å². The molecule has 2 amide bonds. The average Bonchev–Trinajstić information content (AvgIpc) is 3.03. The second-order valence-corrected chi connectivity index (χ2v) is 9.97. The van der Waals surface area contributed by atoms with Crippen LogP contribution in [-0.2, 0) is 9.59 Å². The van der Waals surface area contributed by atoms with E-state index in [4.69, 9.17) is 0 Å². The van der Waals surface area contributed by atoms with E-state index in [2.05, 4.69) is 39.5 Å². The number of nitriles is 1. The molecule has 7 nitrogen and oxygen atoms in total. The lowest BCUT2D eigenvalue weighted by molar-refractivity contribution is -0.123. The molecule has 2 aromatic carbocycles. The lowest BCUT2D eigenvalue weighted by Crippen LogP contribution is -2.52. The highest BCUT2D eigenvalue weighted by molar-refractivity contribution is 6.00. The molecule has 0 aliphatic carbocycles. The molecule has 0 bridgehead atoms. The van der Waals surface area contributed by atoms with Crippen LogP contribution >= 0.6 is 0 Å². The van der Waals surface area contributed by atoms with E-state index in [0.29, 0.717) is 11.3 Å². The van der Waals surface area contributed by atoms with Gasteiger partial charge in [-0.1, -0.05) is 58.9 Å². The number of nitrogens with zero attached hydrogens (tertiary/aromatic N) is 3. The summed E-state index contributed by atoms with van der Waals surface area (Å²) in [5.41, 5.74) is 3.46. The van der Waals surface area contributed by atoms with E-state index < -0.39 is 5.41 Å². The predicted octanol–water partition coefficient (Wildman–Crippen LogP) is 5.33.